The summed E-state index contributed by atoms with van der Waals surface area (Å²) in [6.45, 7) is 3.90. The molecule has 1 aliphatic heterocycles. The Labute approximate surface area is 95.9 Å². The number of pyridine rings is 1. The molecular weight excluding hydrogens is 202 g/mol. The van der Waals surface area contributed by atoms with E-state index < -0.39 is 0 Å². The third-order valence-electron chi connectivity index (χ3n) is 3.04. The topological polar surface area (TPSA) is 37.6 Å². The highest BCUT2D eigenvalue weighted by atomic mass is 16.2. The number of hydrogen-bond donors (Lipinski definition) is 1. The molecule has 4 heteroatoms. The molecule has 1 aromatic heterocycles. The first kappa shape index (κ1) is 11.1. The molecule has 1 aliphatic rings. The van der Waals surface area contributed by atoms with Gasteiger partial charge in [-0.05, 0) is 12.1 Å². The average molecular weight is 220 g/mol. The number of amides is 1. The second kappa shape index (κ2) is 5.07. The Morgan fingerprint density at radius 1 is 1.44 bits per heavy atom. The minimum atomic E-state index is 0.114. The van der Waals surface area contributed by atoms with E-state index in [1.54, 1.807) is 12.4 Å². The summed E-state index contributed by atoms with van der Waals surface area (Å²) in [6, 6.07) is 3.64. The minimum absolute atomic E-state index is 0.114. The van der Waals surface area contributed by atoms with Gasteiger partial charge in [0.05, 0.1) is 32.2 Å². The van der Waals surface area contributed by atoms with E-state index in [1.165, 1.54) is 4.90 Å². The van der Waals surface area contributed by atoms with Crippen LogP contribution < -0.4 is 4.90 Å². The van der Waals surface area contributed by atoms with Gasteiger partial charge in [-0.2, -0.15) is 0 Å². The van der Waals surface area contributed by atoms with Crippen LogP contribution in [-0.2, 0) is 0 Å². The van der Waals surface area contributed by atoms with Crippen LogP contribution in [0.15, 0.2) is 24.5 Å². The summed E-state index contributed by atoms with van der Waals surface area (Å²) in [4.78, 5) is 19.6. The molecule has 2 heterocycles. The van der Waals surface area contributed by atoms with E-state index in [1.807, 2.05) is 17.0 Å². The van der Waals surface area contributed by atoms with Gasteiger partial charge in [0.15, 0.2) is 0 Å². The molecule has 1 unspecified atom stereocenters. The van der Waals surface area contributed by atoms with Crippen LogP contribution in [0.25, 0.3) is 0 Å². The van der Waals surface area contributed by atoms with Gasteiger partial charge in [-0.25, -0.2) is 0 Å². The monoisotopic (exact) mass is 220 g/mol. The first-order chi connectivity index (χ1) is 7.77. The lowest BCUT2D eigenvalue weighted by Crippen LogP contribution is -3.09. The Balaban J connectivity index is 2.04. The summed E-state index contributed by atoms with van der Waals surface area (Å²) in [7, 11) is 2.18. The summed E-state index contributed by atoms with van der Waals surface area (Å²) >= 11 is 0. The van der Waals surface area contributed by atoms with Crippen LogP contribution >= 0.6 is 0 Å². The highest BCUT2D eigenvalue weighted by Gasteiger charge is 2.20. The molecule has 1 atom stereocenters. The van der Waals surface area contributed by atoms with Crippen molar-refractivity contribution in [3.8, 4) is 0 Å². The fraction of sp³-hybridized carbons (Fsp3) is 0.500. The second-order valence-corrected chi connectivity index (χ2v) is 4.34. The second-order valence-electron chi connectivity index (χ2n) is 4.34. The summed E-state index contributed by atoms with van der Waals surface area (Å²) in [5.41, 5.74) is 0.696. The van der Waals surface area contributed by atoms with Crippen molar-refractivity contribution in [3.63, 3.8) is 0 Å². The number of carbonyl (C=O) groups is 1. The third kappa shape index (κ3) is 2.58. The number of rotatable bonds is 1. The van der Waals surface area contributed by atoms with Crippen molar-refractivity contribution in [3.05, 3.63) is 30.1 Å². The van der Waals surface area contributed by atoms with Crippen molar-refractivity contribution in [2.75, 3.05) is 33.2 Å². The van der Waals surface area contributed by atoms with E-state index in [2.05, 4.69) is 12.0 Å². The molecule has 86 valence electrons. The predicted molar refractivity (Wildman–Crippen MR) is 61.4 cm³/mol. The zero-order valence-corrected chi connectivity index (χ0v) is 9.65. The van der Waals surface area contributed by atoms with Crippen LogP contribution in [0.2, 0.25) is 0 Å². The summed E-state index contributed by atoms with van der Waals surface area (Å²) < 4.78 is 0. The van der Waals surface area contributed by atoms with Gasteiger partial charge < -0.3 is 9.80 Å². The largest absolute Gasteiger partial charge is 0.336 e. The lowest BCUT2D eigenvalue weighted by Gasteiger charge is -2.19. The Hall–Kier alpha value is -1.42. The van der Waals surface area contributed by atoms with E-state index in [-0.39, 0.29) is 5.91 Å². The lowest BCUT2D eigenvalue weighted by atomic mass is 10.2. The number of hydrogen-bond acceptors (Lipinski definition) is 2. The van der Waals surface area contributed by atoms with Crippen LogP contribution in [0.3, 0.4) is 0 Å². The maximum absolute atomic E-state index is 12.1. The maximum Gasteiger partial charge on any atom is 0.255 e. The van der Waals surface area contributed by atoms with Crippen molar-refractivity contribution in [1.29, 1.82) is 0 Å². The number of nitrogens with one attached hydrogen (secondary N) is 1. The molecule has 4 nitrogen and oxygen atoms in total. The molecule has 0 spiro atoms. The molecular formula is C12H18N3O+. The summed E-state index contributed by atoms with van der Waals surface area (Å²) in [5.74, 6) is 0.114. The minimum Gasteiger partial charge on any atom is -0.336 e. The van der Waals surface area contributed by atoms with Gasteiger partial charge in [0.2, 0.25) is 0 Å². The zero-order valence-electron chi connectivity index (χ0n) is 9.65. The van der Waals surface area contributed by atoms with Gasteiger partial charge in [0.1, 0.15) is 0 Å². The quantitative estimate of drug-likeness (QED) is 0.689. The van der Waals surface area contributed by atoms with Crippen molar-refractivity contribution < 1.29 is 9.69 Å². The molecule has 0 saturated carbocycles. The zero-order chi connectivity index (χ0) is 11.4. The molecule has 0 aromatic carbocycles. The van der Waals surface area contributed by atoms with Crippen LogP contribution in [0.1, 0.15) is 16.8 Å². The molecule has 1 fully saturated rings. The molecule has 0 radical (unpaired) electrons. The Morgan fingerprint density at radius 3 is 3.06 bits per heavy atom. The summed E-state index contributed by atoms with van der Waals surface area (Å²) in [5, 5.41) is 0. The van der Waals surface area contributed by atoms with Crippen molar-refractivity contribution in [2.45, 2.75) is 6.42 Å². The number of quaternary nitrogens is 1. The highest BCUT2D eigenvalue weighted by Crippen LogP contribution is 2.04. The average Bonchev–Trinajstić information content (AvgIpc) is 2.54. The number of carbonyl (C=O) groups excluding carboxylic acids is 1. The Bertz CT molecular complexity index is 353. The Kier molecular flexibility index (Phi) is 3.51. The van der Waals surface area contributed by atoms with Gasteiger partial charge in [-0.15, -0.1) is 0 Å². The Morgan fingerprint density at radius 2 is 2.31 bits per heavy atom. The van der Waals surface area contributed by atoms with Gasteiger partial charge in [-0.1, -0.05) is 0 Å². The smallest absolute Gasteiger partial charge is 0.255 e. The normalized spacial score (nSPS) is 21.6. The molecule has 1 saturated heterocycles. The standard InChI is InChI=1S/C12H17N3O/c1-14-6-3-7-15(9-8-14)12(16)11-4-2-5-13-10-11/h2,4-5,10H,3,6-9H2,1H3/p+1. The van der Waals surface area contributed by atoms with Crippen LogP contribution in [-0.4, -0.2) is 49.0 Å². The van der Waals surface area contributed by atoms with Crippen LogP contribution in [0.4, 0.5) is 0 Å². The van der Waals surface area contributed by atoms with Crippen molar-refractivity contribution >= 4 is 5.91 Å². The molecule has 2 rings (SSSR count). The van der Waals surface area contributed by atoms with Gasteiger partial charge in [0, 0.05) is 25.4 Å². The van der Waals surface area contributed by atoms with E-state index in [9.17, 15) is 4.79 Å². The first-order valence-electron chi connectivity index (χ1n) is 5.78. The van der Waals surface area contributed by atoms with Crippen LogP contribution in [0, 0.1) is 0 Å². The van der Waals surface area contributed by atoms with E-state index in [4.69, 9.17) is 0 Å². The first-order valence-corrected chi connectivity index (χ1v) is 5.78. The van der Waals surface area contributed by atoms with Gasteiger partial charge >= 0.3 is 0 Å². The van der Waals surface area contributed by atoms with Gasteiger partial charge in [0.25, 0.3) is 5.91 Å². The van der Waals surface area contributed by atoms with E-state index in [0.29, 0.717) is 5.56 Å². The predicted octanol–water partition coefficient (Wildman–Crippen LogP) is -0.558. The fourth-order valence-electron chi connectivity index (χ4n) is 2.01. The molecule has 0 bridgehead atoms. The van der Waals surface area contributed by atoms with Crippen LogP contribution in [0.5, 0.6) is 0 Å². The molecule has 0 aliphatic carbocycles. The number of likely N-dealkylation sites (N-methyl/N-ethyl adjacent to an activating group) is 1. The van der Waals surface area contributed by atoms with Gasteiger partial charge in [-0.3, -0.25) is 9.78 Å². The summed E-state index contributed by atoms with van der Waals surface area (Å²) in [6.07, 6.45) is 4.42. The van der Waals surface area contributed by atoms with E-state index in [0.717, 1.165) is 32.6 Å². The maximum atomic E-state index is 12.1. The molecule has 1 amide bonds. The molecule has 1 aromatic rings. The number of aromatic nitrogens is 1. The fourth-order valence-corrected chi connectivity index (χ4v) is 2.01. The third-order valence-corrected chi connectivity index (χ3v) is 3.04. The molecule has 1 N–H and O–H groups in total. The van der Waals surface area contributed by atoms with Crippen molar-refractivity contribution in [2.24, 2.45) is 0 Å². The highest BCUT2D eigenvalue weighted by molar-refractivity contribution is 5.93. The number of nitrogens with zero attached hydrogens (tertiary/aromatic N) is 2. The molecule has 16 heavy (non-hydrogen) atoms. The SMILES string of the molecule is C[NH+]1CCCN(C(=O)c2cccnc2)CC1. The van der Waals surface area contributed by atoms with Crippen molar-refractivity contribution in [1.82, 2.24) is 9.88 Å². The van der Waals surface area contributed by atoms with E-state index >= 15 is 0 Å². The lowest BCUT2D eigenvalue weighted by molar-refractivity contribution is -0.877.